The molecule has 0 N–H and O–H groups in total. The van der Waals surface area contributed by atoms with Gasteiger partial charge in [0, 0.05) is 10.8 Å². The van der Waals surface area contributed by atoms with Gasteiger partial charge in [-0.25, -0.2) is 0 Å². The highest BCUT2D eigenvalue weighted by atomic mass is 32.2. The largest absolute Gasteiger partial charge is 0.483 e. The minimum absolute atomic E-state index is 0.162. The predicted octanol–water partition coefficient (Wildman–Crippen LogP) is 4.47. The number of hydrogen-bond acceptors (Lipinski definition) is 2. The lowest BCUT2D eigenvalue weighted by atomic mass is 9.90. The fraction of sp³-hybridized carbons (Fsp3) is 0.600. The van der Waals surface area contributed by atoms with Crippen LogP contribution < -0.4 is 0 Å². The topological polar surface area (TPSA) is 9.23 Å². The summed E-state index contributed by atoms with van der Waals surface area (Å²) < 4.78 is 6.06. The number of allylic oxidation sites excluding steroid dienone is 3. The van der Waals surface area contributed by atoms with Crippen molar-refractivity contribution >= 4 is 11.8 Å². The molecule has 0 unspecified atom stereocenters. The van der Waals surface area contributed by atoms with Crippen molar-refractivity contribution in [3.8, 4) is 0 Å². The molecule has 0 amide bonds. The van der Waals surface area contributed by atoms with E-state index in [1.54, 1.807) is 0 Å². The maximum absolute atomic E-state index is 6.06. The molecule has 0 spiro atoms. The molecule has 0 saturated heterocycles. The van der Waals surface area contributed by atoms with Crippen molar-refractivity contribution in [2.45, 2.75) is 51.4 Å². The molecule has 2 aliphatic rings. The van der Waals surface area contributed by atoms with Gasteiger partial charge in [0.15, 0.2) is 0 Å². The van der Waals surface area contributed by atoms with Gasteiger partial charge in [-0.2, -0.15) is 11.8 Å². The van der Waals surface area contributed by atoms with E-state index in [0.717, 1.165) is 12.2 Å². The number of rotatable bonds is 3. The van der Waals surface area contributed by atoms with E-state index in [2.05, 4.69) is 57.7 Å². The first-order valence-electron chi connectivity index (χ1n) is 6.44. The van der Waals surface area contributed by atoms with Crippen molar-refractivity contribution in [2.75, 3.05) is 5.75 Å². The first-order valence-corrected chi connectivity index (χ1v) is 7.49. The molecular formula is C15H22OS. The van der Waals surface area contributed by atoms with E-state index in [9.17, 15) is 0 Å². The second-order valence-corrected chi connectivity index (χ2v) is 6.62. The lowest BCUT2D eigenvalue weighted by molar-refractivity contribution is 0.0786. The predicted molar refractivity (Wildman–Crippen MR) is 76.2 cm³/mol. The van der Waals surface area contributed by atoms with Gasteiger partial charge in [-0.1, -0.05) is 13.0 Å². The van der Waals surface area contributed by atoms with Crippen LogP contribution in [0.1, 0.15) is 40.5 Å². The summed E-state index contributed by atoms with van der Waals surface area (Å²) in [6.07, 6.45) is 9.03. The molecule has 0 aromatic heterocycles. The first-order chi connectivity index (χ1) is 8.03. The third kappa shape index (κ3) is 2.79. The fourth-order valence-electron chi connectivity index (χ4n) is 2.53. The summed E-state index contributed by atoms with van der Waals surface area (Å²) in [7, 11) is 0. The Kier molecular flexibility index (Phi) is 3.72. The second kappa shape index (κ2) is 4.93. The van der Waals surface area contributed by atoms with E-state index in [1.807, 2.05) is 0 Å². The van der Waals surface area contributed by atoms with Crippen LogP contribution in [0, 0.1) is 0 Å². The molecule has 1 aliphatic carbocycles. The minimum Gasteiger partial charge on any atom is -0.483 e. The van der Waals surface area contributed by atoms with Gasteiger partial charge in [-0.3, -0.25) is 0 Å². The van der Waals surface area contributed by atoms with Gasteiger partial charge in [0.25, 0.3) is 0 Å². The summed E-state index contributed by atoms with van der Waals surface area (Å²) in [5.74, 6) is 2.32. The number of ether oxygens (including phenoxy) is 1. The van der Waals surface area contributed by atoms with Crippen molar-refractivity contribution < 1.29 is 4.74 Å². The Morgan fingerprint density at radius 2 is 2.24 bits per heavy atom. The monoisotopic (exact) mass is 250 g/mol. The van der Waals surface area contributed by atoms with E-state index in [1.165, 1.54) is 23.3 Å². The van der Waals surface area contributed by atoms with Crippen molar-refractivity contribution in [1.82, 2.24) is 0 Å². The fourth-order valence-corrected chi connectivity index (χ4v) is 3.76. The van der Waals surface area contributed by atoms with Gasteiger partial charge in [-0.05, 0) is 57.1 Å². The standard InChI is InChI=1S/C15H22OS/c1-5-9-17-13-8-6-7-12-14(13)11(2)10-15(3,4)16-12/h6-7,10,13H,5,8-9H2,1-4H3/t13-/m1/s1. The van der Waals surface area contributed by atoms with Crippen LogP contribution in [-0.2, 0) is 4.74 Å². The molecule has 2 rings (SSSR count). The summed E-state index contributed by atoms with van der Waals surface area (Å²) in [5, 5.41) is 0.585. The van der Waals surface area contributed by atoms with Gasteiger partial charge >= 0.3 is 0 Å². The average molecular weight is 250 g/mol. The van der Waals surface area contributed by atoms with E-state index < -0.39 is 0 Å². The SMILES string of the molecule is CCCS[C@@H]1CC=CC2=C1C(C)=CC(C)(C)O2. The van der Waals surface area contributed by atoms with Gasteiger partial charge < -0.3 is 4.74 Å². The van der Waals surface area contributed by atoms with Gasteiger partial charge in [0.05, 0.1) is 0 Å². The Hall–Kier alpha value is -0.630. The molecule has 0 radical (unpaired) electrons. The molecule has 2 heteroatoms. The van der Waals surface area contributed by atoms with Crippen molar-refractivity contribution in [3.63, 3.8) is 0 Å². The molecule has 1 atom stereocenters. The lowest BCUT2D eigenvalue weighted by Gasteiger charge is -2.35. The second-order valence-electron chi connectivity index (χ2n) is 5.31. The van der Waals surface area contributed by atoms with Crippen LogP contribution in [0.3, 0.4) is 0 Å². The summed E-state index contributed by atoms with van der Waals surface area (Å²) in [5.41, 5.74) is 2.66. The first kappa shape index (κ1) is 12.8. The zero-order chi connectivity index (χ0) is 12.5. The lowest BCUT2D eigenvalue weighted by Crippen LogP contribution is -2.29. The third-order valence-electron chi connectivity index (χ3n) is 3.09. The molecule has 0 aromatic carbocycles. The zero-order valence-electron chi connectivity index (χ0n) is 11.2. The van der Waals surface area contributed by atoms with Gasteiger partial charge in [0.2, 0.25) is 0 Å². The Balaban J connectivity index is 2.25. The van der Waals surface area contributed by atoms with Crippen LogP contribution in [0.15, 0.2) is 35.1 Å². The Labute approximate surface area is 109 Å². The van der Waals surface area contributed by atoms with Crippen LogP contribution in [0.25, 0.3) is 0 Å². The van der Waals surface area contributed by atoms with Crippen molar-refractivity contribution in [2.24, 2.45) is 0 Å². The van der Waals surface area contributed by atoms with Crippen LogP contribution in [0.2, 0.25) is 0 Å². The molecule has 1 nitrogen and oxygen atoms in total. The van der Waals surface area contributed by atoms with Crippen LogP contribution in [-0.4, -0.2) is 16.6 Å². The highest BCUT2D eigenvalue weighted by Gasteiger charge is 2.31. The third-order valence-corrected chi connectivity index (χ3v) is 4.57. The van der Waals surface area contributed by atoms with Crippen LogP contribution in [0.5, 0.6) is 0 Å². The summed E-state index contributed by atoms with van der Waals surface area (Å²) in [6, 6.07) is 0. The summed E-state index contributed by atoms with van der Waals surface area (Å²) in [4.78, 5) is 0. The molecular weight excluding hydrogens is 228 g/mol. The average Bonchev–Trinajstić information content (AvgIpc) is 2.23. The van der Waals surface area contributed by atoms with E-state index >= 15 is 0 Å². The minimum atomic E-state index is -0.162. The quantitative estimate of drug-likeness (QED) is 0.731. The van der Waals surface area contributed by atoms with E-state index in [0.29, 0.717) is 5.25 Å². The van der Waals surface area contributed by atoms with Crippen molar-refractivity contribution in [3.05, 3.63) is 35.1 Å². The zero-order valence-corrected chi connectivity index (χ0v) is 12.1. The smallest absolute Gasteiger partial charge is 0.124 e. The van der Waals surface area contributed by atoms with Gasteiger partial charge in [-0.15, -0.1) is 0 Å². The maximum Gasteiger partial charge on any atom is 0.124 e. The number of hydrogen-bond donors (Lipinski definition) is 0. The van der Waals surface area contributed by atoms with Gasteiger partial charge in [0.1, 0.15) is 11.4 Å². The molecule has 0 fully saturated rings. The summed E-state index contributed by atoms with van der Waals surface area (Å²) >= 11 is 2.06. The molecule has 1 heterocycles. The van der Waals surface area contributed by atoms with Crippen LogP contribution >= 0.6 is 11.8 Å². The van der Waals surface area contributed by atoms with Crippen molar-refractivity contribution in [1.29, 1.82) is 0 Å². The molecule has 17 heavy (non-hydrogen) atoms. The number of thioether (sulfide) groups is 1. The molecule has 94 valence electrons. The molecule has 0 saturated carbocycles. The highest BCUT2D eigenvalue weighted by Crippen LogP contribution is 2.40. The van der Waals surface area contributed by atoms with E-state index in [4.69, 9.17) is 4.74 Å². The normalized spacial score (nSPS) is 26.4. The Bertz CT molecular complexity index is 388. The van der Waals surface area contributed by atoms with Crippen LogP contribution in [0.4, 0.5) is 0 Å². The Morgan fingerprint density at radius 1 is 1.47 bits per heavy atom. The van der Waals surface area contributed by atoms with E-state index in [-0.39, 0.29) is 5.60 Å². The maximum atomic E-state index is 6.06. The highest BCUT2D eigenvalue weighted by molar-refractivity contribution is 8.00. The molecule has 0 aromatic rings. The Morgan fingerprint density at radius 3 is 2.94 bits per heavy atom. The summed E-state index contributed by atoms with van der Waals surface area (Å²) in [6.45, 7) is 8.70. The molecule has 0 bridgehead atoms. The molecule has 1 aliphatic heterocycles.